The molecule has 1 atom stereocenters. The van der Waals surface area contributed by atoms with E-state index in [0.29, 0.717) is 12.2 Å². The number of fused-ring (bicyclic) bond motifs is 1. The summed E-state index contributed by atoms with van der Waals surface area (Å²) in [7, 11) is 0. The molecule has 1 saturated heterocycles. The minimum absolute atomic E-state index is 0.144. The number of nitrogens with zero attached hydrogens (tertiary/aromatic N) is 1. The van der Waals surface area contributed by atoms with Crippen LogP contribution < -0.4 is 10.2 Å². The van der Waals surface area contributed by atoms with Gasteiger partial charge in [0.25, 0.3) is 5.91 Å². The van der Waals surface area contributed by atoms with E-state index >= 15 is 0 Å². The number of rotatable bonds is 6. The van der Waals surface area contributed by atoms with Gasteiger partial charge in [-0.2, -0.15) is 0 Å². The lowest BCUT2D eigenvalue weighted by atomic mass is 10.1. The van der Waals surface area contributed by atoms with Gasteiger partial charge in [-0.15, -0.1) is 0 Å². The highest BCUT2D eigenvalue weighted by molar-refractivity contribution is 6.22. The standard InChI is InChI=1S/C23H25N3O2/c1-3-16-5-7-18(8-6-16)26-22(27)13-21(23(26)28)24-11-10-17-14-25-20-9-4-15(2)12-19(17)20/h4-9,12,14,21,24-25H,3,10-11,13H2,1-2H3/t21-/m1/s1. The van der Waals surface area contributed by atoms with Gasteiger partial charge in [0.1, 0.15) is 0 Å². The van der Waals surface area contributed by atoms with Gasteiger partial charge >= 0.3 is 0 Å². The topological polar surface area (TPSA) is 65.2 Å². The van der Waals surface area contributed by atoms with E-state index in [1.165, 1.54) is 27.0 Å². The van der Waals surface area contributed by atoms with Gasteiger partial charge in [-0.1, -0.05) is 30.7 Å². The molecule has 0 spiro atoms. The Labute approximate surface area is 164 Å². The Bertz CT molecular complexity index is 1020. The Balaban J connectivity index is 1.40. The van der Waals surface area contributed by atoms with Crippen LogP contribution in [-0.2, 0) is 22.4 Å². The summed E-state index contributed by atoms with van der Waals surface area (Å²) in [5, 5.41) is 4.49. The van der Waals surface area contributed by atoms with Crippen LogP contribution in [0.4, 0.5) is 5.69 Å². The van der Waals surface area contributed by atoms with Crippen molar-refractivity contribution in [2.45, 2.75) is 39.2 Å². The number of H-pyrrole nitrogens is 1. The molecule has 0 bridgehead atoms. The minimum Gasteiger partial charge on any atom is -0.361 e. The lowest BCUT2D eigenvalue weighted by Gasteiger charge is -2.16. The van der Waals surface area contributed by atoms with Crippen LogP contribution in [0.5, 0.6) is 0 Å². The maximum absolute atomic E-state index is 12.8. The fourth-order valence-corrected chi connectivity index (χ4v) is 3.82. The van der Waals surface area contributed by atoms with Gasteiger partial charge in [-0.3, -0.25) is 9.59 Å². The van der Waals surface area contributed by atoms with Crippen molar-refractivity contribution in [2.24, 2.45) is 0 Å². The monoisotopic (exact) mass is 375 g/mol. The van der Waals surface area contributed by atoms with Crippen LogP contribution in [0, 0.1) is 6.92 Å². The Kier molecular flexibility index (Phi) is 5.01. The SMILES string of the molecule is CCc1ccc(N2C(=O)C[C@@H](NCCc3c[nH]c4ccc(C)cc34)C2=O)cc1. The van der Waals surface area contributed by atoms with Crippen LogP contribution in [0.15, 0.2) is 48.7 Å². The average Bonchev–Trinajstić information content (AvgIpc) is 3.22. The molecule has 2 amide bonds. The van der Waals surface area contributed by atoms with Crippen LogP contribution >= 0.6 is 0 Å². The molecule has 1 aliphatic heterocycles. The smallest absolute Gasteiger partial charge is 0.251 e. The van der Waals surface area contributed by atoms with E-state index < -0.39 is 6.04 Å². The van der Waals surface area contributed by atoms with Crippen LogP contribution in [0.2, 0.25) is 0 Å². The van der Waals surface area contributed by atoms with Crippen molar-refractivity contribution in [1.82, 2.24) is 10.3 Å². The summed E-state index contributed by atoms with van der Waals surface area (Å²) in [6, 6.07) is 13.5. The zero-order valence-corrected chi connectivity index (χ0v) is 16.3. The predicted molar refractivity (Wildman–Crippen MR) is 111 cm³/mol. The minimum atomic E-state index is -0.453. The molecule has 1 aliphatic rings. The summed E-state index contributed by atoms with van der Waals surface area (Å²) in [5.74, 6) is -0.307. The largest absolute Gasteiger partial charge is 0.361 e. The van der Waals surface area contributed by atoms with Crippen LogP contribution in [0.3, 0.4) is 0 Å². The second kappa shape index (κ2) is 7.60. The van der Waals surface area contributed by atoms with Gasteiger partial charge in [-0.25, -0.2) is 4.90 Å². The van der Waals surface area contributed by atoms with E-state index in [4.69, 9.17) is 0 Å². The number of anilines is 1. The van der Waals surface area contributed by atoms with Crippen molar-refractivity contribution in [1.29, 1.82) is 0 Å². The highest BCUT2D eigenvalue weighted by atomic mass is 16.2. The number of hydrogen-bond donors (Lipinski definition) is 2. The van der Waals surface area contributed by atoms with E-state index in [9.17, 15) is 9.59 Å². The first-order valence-electron chi connectivity index (χ1n) is 9.82. The second-order valence-corrected chi connectivity index (χ2v) is 7.41. The predicted octanol–water partition coefficient (Wildman–Crippen LogP) is 3.50. The summed E-state index contributed by atoms with van der Waals surface area (Å²) in [6.45, 7) is 4.81. The molecule has 3 aromatic rings. The lowest BCUT2D eigenvalue weighted by Crippen LogP contribution is -2.39. The van der Waals surface area contributed by atoms with Gasteiger partial charge in [0, 0.05) is 23.6 Å². The summed E-state index contributed by atoms with van der Waals surface area (Å²) < 4.78 is 0. The molecule has 1 fully saturated rings. The molecule has 1 aromatic heterocycles. The van der Waals surface area contributed by atoms with Crippen molar-refractivity contribution in [2.75, 3.05) is 11.4 Å². The first kappa shape index (κ1) is 18.4. The summed E-state index contributed by atoms with van der Waals surface area (Å²) in [6.07, 6.45) is 3.96. The van der Waals surface area contributed by atoms with E-state index in [1.807, 2.05) is 30.5 Å². The maximum atomic E-state index is 12.8. The molecular formula is C23H25N3O2. The van der Waals surface area contributed by atoms with Crippen molar-refractivity contribution < 1.29 is 9.59 Å². The quantitative estimate of drug-likeness (QED) is 0.648. The summed E-state index contributed by atoms with van der Waals surface area (Å²) in [4.78, 5) is 29.8. The Morgan fingerprint density at radius 1 is 1.14 bits per heavy atom. The highest BCUT2D eigenvalue weighted by Gasteiger charge is 2.39. The lowest BCUT2D eigenvalue weighted by molar-refractivity contribution is -0.121. The molecule has 2 heterocycles. The molecule has 4 rings (SSSR count). The van der Waals surface area contributed by atoms with Gasteiger partial charge in [0.2, 0.25) is 5.91 Å². The van der Waals surface area contributed by atoms with Gasteiger partial charge in [0.05, 0.1) is 18.2 Å². The summed E-state index contributed by atoms with van der Waals surface area (Å²) >= 11 is 0. The number of carbonyl (C=O) groups excluding carboxylic acids is 2. The zero-order valence-electron chi connectivity index (χ0n) is 16.3. The second-order valence-electron chi connectivity index (χ2n) is 7.41. The van der Waals surface area contributed by atoms with Gasteiger partial charge < -0.3 is 10.3 Å². The Morgan fingerprint density at radius 2 is 1.93 bits per heavy atom. The molecule has 5 nitrogen and oxygen atoms in total. The van der Waals surface area contributed by atoms with Crippen LogP contribution in [0.1, 0.15) is 30.0 Å². The number of benzene rings is 2. The molecular weight excluding hydrogens is 350 g/mol. The van der Waals surface area contributed by atoms with E-state index in [2.05, 4.69) is 42.3 Å². The fraction of sp³-hybridized carbons (Fsp3) is 0.304. The number of hydrogen-bond acceptors (Lipinski definition) is 3. The summed E-state index contributed by atoms with van der Waals surface area (Å²) in [5.41, 5.74) is 5.40. The Morgan fingerprint density at radius 3 is 2.68 bits per heavy atom. The number of aromatic nitrogens is 1. The molecule has 0 saturated carbocycles. The molecule has 0 unspecified atom stereocenters. The van der Waals surface area contributed by atoms with Crippen molar-refractivity contribution in [3.8, 4) is 0 Å². The molecule has 2 aromatic carbocycles. The third-order valence-corrected chi connectivity index (χ3v) is 5.46. The molecule has 0 aliphatic carbocycles. The van der Waals surface area contributed by atoms with E-state index in [-0.39, 0.29) is 18.2 Å². The number of amides is 2. The van der Waals surface area contributed by atoms with E-state index in [0.717, 1.165) is 18.4 Å². The maximum Gasteiger partial charge on any atom is 0.251 e. The first-order chi connectivity index (χ1) is 13.6. The molecule has 5 heteroatoms. The van der Waals surface area contributed by atoms with Crippen molar-refractivity contribution in [3.05, 3.63) is 65.4 Å². The third kappa shape index (κ3) is 3.45. The van der Waals surface area contributed by atoms with Gasteiger partial charge in [-0.05, 0) is 55.2 Å². The number of imide groups is 1. The normalized spacial score (nSPS) is 17.1. The van der Waals surface area contributed by atoms with Crippen LogP contribution in [-0.4, -0.2) is 29.4 Å². The van der Waals surface area contributed by atoms with Crippen molar-refractivity contribution in [3.63, 3.8) is 0 Å². The molecule has 28 heavy (non-hydrogen) atoms. The molecule has 0 radical (unpaired) electrons. The molecule has 2 N–H and O–H groups in total. The first-order valence-corrected chi connectivity index (χ1v) is 9.82. The average molecular weight is 375 g/mol. The van der Waals surface area contributed by atoms with E-state index in [1.54, 1.807) is 0 Å². The number of carbonyl (C=O) groups is 2. The number of aromatic amines is 1. The number of aryl methyl sites for hydroxylation is 2. The van der Waals surface area contributed by atoms with Crippen LogP contribution in [0.25, 0.3) is 10.9 Å². The van der Waals surface area contributed by atoms with Crippen molar-refractivity contribution >= 4 is 28.4 Å². The third-order valence-electron chi connectivity index (χ3n) is 5.46. The number of nitrogens with one attached hydrogen (secondary N) is 2. The molecule has 144 valence electrons. The Hall–Kier alpha value is -2.92. The fourth-order valence-electron chi connectivity index (χ4n) is 3.82. The zero-order chi connectivity index (χ0) is 19.7. The highest BCUT2D eigenvalue weighted by Crippen LogP contribution is 2.24. The van der Waals surface area contributed by atoms with Gasteiger partial charge in [0.15, 0.2) is 0 Å².